The Hall–Kier alpha value is -2.85. The van der Waals surface area contributed by atoms with E-state index >= 15 is 0 Å². The van der Waals surface area contributed by atoms with Gasteiger partial charge in [-0.05, 0) is 62.6 Å². The number of carbonyl (C=O) groups excluding carboxylic acids is 1. The highest BCUT2D eigenvalue weighted by Gasteiger charge is 2.25. The molecule has 0 unspecified atom stereocenters. The van der Waals surface area contributed by atoms with Gasteiger partial charge in [0.25, 0.3) is 0 Å². The first kappa shape index (κ1) is 23.3. The number of thioether (sulfide) groups is 1. The van der Waals surface area contributed by atoms with Crippen LogP contribution in [0.15, 0.2) is 59.8 Å². The fraction of sp³-hybridized carbons (Fsp3) is 0.348. The normalized spacial score (nSPS) is 15.3. The highest BCUT2D eigenvalue weighted by atomic mass is 32.2. The Morgan fingerprint density at radius 3 is 2.30 bits per heavy atom. The predicted molar refractivity (Wildman–Crippen MR) is 132 cm³/mol. The Morgan fingerprint density at radius 1 is 1.00 bits per heavy atom. The highest BCUT2D eigenvalue weighted by molar-refractivity contribution is 8.00. The minimum Gasteiger partial charge on any atom is -0.341 e. The van der Waals surface area contributed by atoms with Gasteiger partial charge >= 0.3 is 0 Å². The summed E-state index contributed by atoms with van der Waals surface area (Å²) in [5.41, 5.74) is 1.89. The molecule has 1 fully saturated rings. The van der Waals surface area contributed by atoms with Crippen LogP contribution in [0.1, 0.15) is 36.5 Å². The lowest BCUT2D eigenvalue weighted by Crippen LogP contribution is -2.31. The zero-order chi connectivity index (χ0) is 23.4. The molecule has 2 heterocycles. The molecule has 1 atom stereocenters. The second kappa shape index (κ2) is 9.96. The molecule has 1 saturated heterocycles. The van der Waals surface area contributed by atoms with Gasteiger partial charge in [0.1, 0.15) is 0 Å². The summed E-state index contributed by atoms with van der Waals surface area (Å²) in [6.45, 7) is 3.73. The van der Waals surface area contributed by atoms with Crippen LogP contribution in [0.4, 0.5) is 11.6 Å². The van der Waals surface area contributed by atoms with Crippen molar-refractivity contribution in [3.63, 3.8) is 0 Å². The number of hydrogen-bond acceptors (Lipinski definition) is 7. The van der Waals surface area contributed by atoms with E-state index in [1.54, 1.807) is 24.3 Å². The molecule has 0 saturated carbocycles. The van der Waals surface area contributed by atoms with Crippen LogP contribution in [-0.2, 0) is 10.0 Å². The molecule has 0 spiro atoms. The van der Waals surface area contributed by atoms with Gasteiger partial charge in [0.2, 0.25) is 16.0 Å². The van der Waals surface area contributed by atoms with Gasteiger partial charge in [0, 0.05) is 24.3 Å². The molecule has 33 heavy (non-hydrogen) atoms. The van der Waals surface area contributed by atoms with Crippen molar-refractivity contribution in [3.8, 4) is 5.69 Å². The van der Waals surface area contributed by atoms with E-state index in [1.807, 2.05) is 41.8 Å². The van der Waals surface area contributed by atoms with Gasteiger partial charge in [-0.15, -0.1) is 10.2 Å². The number of para-hydroxylation sites is 1. The van der Waals surface area contributed by atoms with Crippen molar-refractivity contribution in [2.75, 3.05) is 29.0 Å². The number of rotatable bonds is 8. The fourth-order valence-corrected chi connectivity index (χ4v) is 5.31. The van der Waals surface area contributed by atoms with E-state index in [2.05, 4.69) is 19.8 Å². The average molecular weight is 486 g/mol. The Morgan fingerprint density at radius 2 is 1.67 bits per heavy atom. The van der Waals surface area contributed by atoms with E-state index in [9.17, 15) is 13.2 Å². The topological polar surface area (TPSA) is 97.2 Å². The number of Topliss-reactive ketones (excluding diaryl/α,β-unsaturated/α-hetero) is 1. The maximum absolute atomic E-state index is 13.1. The first-order chi connectivity index (χ1) is 15.8. The highest BCUT2D eigenvalue weighted by Crippen LogP contribution is 2.31. The number of piperidine rings is 1. The number of hydrogen-bond donors (Lipinski definition) is 1. The largest absolute Gasteiger partial charge is 0.341 e. The van der Waals surface area contributed by atoms with E-state index in [4.69, 9.17) is 0 Å². The third kappa shape index (κ3) is 5.75. The van der Waals surface area contributed by atoms with Gasteiger partial charge in [-0.1, -0.05) is 30.0 Å². The molecule has 4 rings (SSSR count). The zero-order valence-corrected chi connectivity index (χ0v) is 20.3. The lowest BCUT2D eigenvalue weighted by atomic mass is 10.1. The molecule has 0 amide bonds. The predicted octanol–water partition coefficient (Wildman–Crippen LogP) is 3.99. The van der Waals surface area contributed by atoms with Crippen molar-refractivity contribution in [2.45, 2.75) is 36.6 Å². The van der Waals surface area contributed by atoms with E-state index in [-0.39, 0.29) is 5.78 Å². The number of carbonyl (C=O) groups is 1. The Balaban J connectivity index is 1.56. The lowest BCUT2D eigenvalue weighted by molar-refractivity contribution is 0.0994. The van der Waals surface area contributed by atoms with Crippen LogP contribution in [0.2, 0.25) is 0 Å². The van der Waals surface area contributed by atoms with Crippen LogP contribution in [0.25, 0.3) is 5.69 Å². The fourth-order valence-electron chi connectivity index (χ4n) is 3.80. The summed E-state index contributed by atoms with van der Waals surface area (Å²) in [6, 6.07) is 16.4. The minimum atomic E-state index is -3.37. The molecule has 0 radical (unpaired) electrons. The molecular weight excluding hydrogens is 458 g/mol. The molecule has 3 aromatic rings. The number of nitrogens with zero attached hydrogens (tertiary/aromatic N) is 4. The summed E-state index contributed by atoms with van der Waals surface area (Å²) in [4.78, 5) is 15.3. The van der Waals surface area contributed by atoms with Gasteiger partial charge in [0.05, 0.1) is 17.2 Å². The van der Waals surface area contributed by atoms with Crippen LogP contribution in [0.5, 0.6) is 0 Å². The summed E-state index contributed by atoms with van der Waals surface area (Å²) in [5.74, 6) is 0.743. The van der Waals surface area contributed by atoms with Gasteiger partial charge in [-0.3, -0.25) is 14.1 Å². The Kier molecular flexibility index (Phi) is 7.04. The van der Waals surface area contributed by atoms with Crippen LogP contribution >= 0.6 is 11.8 Å². The van der Waals surface area contributed by atoms with Crippen molar-refractivity contribution < 1.29 is 13.2 Å². The number of benzene rings is 2. The summed E-state index contributed by atoms with van der Waals surface area (Å²) in [5, 5.41) is 9.19. The van der Waals surface area contributed by atoms with Crippen LogP contribution in [0, 0.1) is 0 Å². The number of aromatic nitrogens is 3. The van der Waals surface area contributed by atoms with E-state index < -0.39 is 15.3 Å². The second-order valence-electron chi connectivity index (χ2n) is 8.08. The smallest absolute Gasteiger partial charge is 0.232 e. The number of nitrogens with one attached hydrogen (secondary N) is 1. The average Bonchev–Trinajstić information content (AvgIpc) is 3.22. The molecule has 0 bridgehead atoms. The molecule has 1 aromatic heterocycles. The van der Waals surface area contributed by atoms with Crippen LogP contribution in [0.3, 0.4) is 0 Å². The van der Waals surface area contributed by atoms with Crippen LogP contribution in [-0.4, -0.2) is 53.6 Å². The van der Waals surface area contributed by atoms with Crippen molar-refractivity contribution in [3.05, 3.63) is 60.2 Å². The van der Waals surface area contributed by atoms with E-state index in [0.717, 1.165) is 43.8 Å². The van der Waals surface area contributed by atoms with Gasteiger partial charge in [0.15, 0.2) is 10.9 Å². The van der Waals surface area contributed by atoms with E-state index in [0.29, 0.717) is 16.4 Å². The molecule has 2 aromatic carbocycles. The first-order valence-electron chi connectivity index (χ1n) is 10.9. The number of ketones is 1. The lowest BCUT2D eigenvalue weighted by Gasteiger charge is -2.28. The molecule has 0 aliphatic carbocycles. The standard InChI is InChI=1S/C23H27N5O3S2/c1-17(21(29)18-11-13-19(14-12-18)26-33(2,30)31)32-23-25-24-22(27-15-7-4-8-16-27)28(23)20-9-5-3-6-10-20/h3,5-6,9-14,17,26H,4,7-8,15-16H2,1-2H3/t17-/m0/s1. The van der Waals surface area contributed by atoms with Crippen LogP contribution < -0.4 is 9.62 Å². The zero-order valence-electron chi connectivity index (χ0n) is 18.6. The van der Waals surface area contributed by atoms with Gasteiger partial charge < -0.3 is 4.90 Å². The molecule has 1 aliphatic rings. The van der Waals surface area contributed by atoms with Gasteiger partial charge in [-0.25, -0.2) is 8.42 Å². The Labute approximate surface area is 198 Å². The molecule has 8 nitrogen and oxygen atoms in total. The van der Waals surface area contributed by atoms with Crippen molar-refractivity contribution >= 4 is 39.2 Å². The van der Waals surface area contributed by atoms with Gasteiger partial charge in [-0.2, -0.15) is 0 Å². The molecular formula is C23H27N5O3S2. The quantitative estimate of drug-likeness (QED) is 0.381. The second-order valence-corrected chi connectivity index (χ2v) is 11.1. The summed E-state index contributed by atoms with van der Waals surface area (Å²) in [7, 11) is -3.37. The monoisotopic (exact) mass is 485 g/mol. The summed E-state index contributed by atoms with van der Waals surface area (Å²) in [6.07, 6.45) is 4.57. The number of sulfonamides is 1. The van der Waals surface area contributed by atoms with Crippen molar-refractivity contribution in [2.24, 2.45) is 0 Å². The molecule has 1 N–H and O–H groups in total. The minimum absolute atomic E-state index is 0.0620. The third-order valence-corrected chi connectivity index (χ3v) is 7.04. The van der Waals surface area contributed by atoms with E-state index in [1.165, 1.54) is 18.2 Å². The van der Waals surface area contributed by atoms with Crippen molar-refractivity contribution in [1.29, 1.82) is 0 Å². The molecule has 10 heteroatoms. The summed E-state index contributed by atoms with van der Waals surface area (Å²) < 4.78 is 27.2. The first-order valence-corrected chi connectivity index (χ1v) is 13.6. The van der Waals surface area contributed by atoms with Crippen molar-refractivity contribution in [1.82, 2.24) is 14.8 Å². The third-order valence-electron chi connectivity index (χ3n) is 5.39. The Bertz CT molecular complexity index is 1200. The maximum Gasteiger partial charge on any atom is 0.232 e. The number of anilines is 2. The molecule has 1 aliphatic heterocycles. The SMILES string of the molecule is C[C@H](Sc1nnc(N2CCCCC2)n1-c1ccccc1)C(=O)c1ccc(NS(C)(=O)=O)cc1. The maximum atomic E-state index is 13.1. The molecule has 174 valence electrons. The summed E-state index contributed by atoms with van der Waals surface area (Å²) >= 11 is 1.37.